The molecule has 2 aliphatic heterocycles. The van der Waals surface area contributed by atoms with E-state index in [1.807, 2.05) is 18.2 Å². The zero-order valence-electron chi connectivity index (χ0n) is 16.0. The number of H-pyrrole nitrogens is 1. The Hall–Kier alpha value is -2.74. The van der Waals surface area contributed by atoms with Crippen LogP contribution in [0.3, 0.4) is 0 Å². The summed E-state index contributed by atoms with van der Waals surface area (Å²) in [6, 6.07) is 5.60. The first-order valence-corrected chi connectivity index (χ1v) is 10.8. The van der Waals surface area contributed by atoms with Crippen molar-refractivity contribution in [2.24, 2.45) is 0 Å². The monoisotopic (exact) mass is 411 g/mol. The highest BCUT2D eigenvalue weighted by Crippen LogP contribution is 2.45. The van der Waals surface area contributed by atoms with E-state index in [1.54, 1.807) is 0 Å². The lowest BCUT2D eigenvalue weighted by molar-refractivity contribution is -0.116. The average molecular weight is 411 g/mol. The number of thioether (sulfide) groups is 1. The number of Topliss-reactive ketones (excluding diaryl/α,β-unsaturated/α-hetero) is 1. The quantitative estimate of drug-likeness (QED) is 0.587. The lowest BCUT2D eigenvalue weighted by Crippen LogP contribution is -2.32. The van der Waals surface area contributed by atoms with Gasteiger partial charge in [0.1, 0.15) is 5.82 Å². The van der Waals surface area contributed by atoms with E-state index in [4.69, 9.17) is 9.47 Å². The van der Waals surface area contributed by atoms with Crippen LogP contribution in [0.15, 0.2) is 39.4 Å². The molecule has 2 N–H and O–H groups in total. The summed E-state index contributed by atoms with van der Waals surface area (Å²) in [5.41, 5.74) is 2.65. The summed E-state index contributed by atoms with van der Waals surface area (Å²) in [7, 11) is 0. The van der Waals surface area contributed by atoms with Crippen molar-refractivity contribution in [2.45, 2.75) is 43.7 Å². The van der Waals surface area contributed by atoms with Crippen LogP contribution in [0.2, 0.25) is 0 Å². The maximum atomic E-state index is 13.1. The van der Waals surface area contributed by atoms with Crippen LogP contribution >= 0.6 is 11.8 Å². The Morgan fingerprint density at radius 3 is 2.93 bits per heavy atom. The van der Waals surface area contributed by atoms with Crippen molar-refractivity contribution in [1.29, 1.82) is 0 Å². The van der Waals surface area contributed by atoms with Gasteiger partial charge in [0.25, 0.3) is 5.56 Å². The molecule has 0 spiro atoms. The van der Waals surface area contributed by atoms with Crippen LogP contribution in [0, 0.1) is 0 Å². The van der Waals surface area contributed by atoms with Crippen LogP contribution in [0.1, 0.15) is 49.7 Å². The molecule has 1 aromatic carbocycles. The first-order valence-electron chi connectivity index (χ1n) is 9.85. The van der Waals surface area contributed by atoms with Crippen molar-refractivity contribution in [3.63, 3.8) is 0 Å². The summed E-state index contributed by atoms with van der Waals surface area (Å²) < 4.78 is 10.9. The summed E-state index contributed by atoms with van der Waals surface area (Å²) in [5, 5.41) is 3.89. The molecule has 7 nitrogen and oxygen atoms in total. The minimum Gasteiger partial charge on any atom is -0.454 e. The number of anilines is 1. The van der Waals surface area contributed by atoms with Gasteiger partial charge in [-0.05, 0) is 37.0 Å². The maximum absolute atomic E-state index is 13.1. The fourth-order valence-electron chi connectivity index (χ4n) is 4.13. The molecule has 0 saturated heterocycles. The number of hydrogen-bond acceptors (Lipinski definition) is 7. The summed E-state index contributed by atoms with van der Waals surface area (Å²) >= 11 is 1.52. The highest BCUT2D eigenvalue weighted by atomic mass is 32.2. The fourth-order valence-corrected chi connectivity index (χ4v) is 4.85. The lowest BCUT2D eigenvalue weighted by atomic mass is 9.76. The molecule has 3 aliphatic rings. The second kappa shape index (κ2) is 7.26. The molecule has 1 atom stereocenters. The molecule has 5 rings (SSSR count). The first-order chi connectivity index (χ1) is 14.2. The van der Waals surface area contributed by atoms with Gasteiger partial charge in [-0.1, -0.05) is 24.8 Å². The number of aromatic nitrogens is 2. The summed E-state index contributed by atoms with van der Waals surface area (Å²) in [6.45, 7) is 2.26. The molecule has 2 aromatic rings. The van der Waals surface area contributed by atoms with Gasteiger partial charge < -0.3 is 19.8 Å². The van der Waals surface area contributed by atoms with E-state index < -0.39 is 5.92 Å². The maximum Gasteiger partial charge on any atom is 0.257 e. The molecule has 0 unspecified atom stereocenters. The second-order valence-corrected chi connectivity index (χ2v) is 8.41. The van der Waals surface area contributed by atoms with E-state index in [-0.39, 0.29) is 18.1 Å². The molecule has 8 heteroatoms. The van der Waals surface area contributed by atoms with Gasteiger partial charge in [0.15, 0.2) is 22.4 Å². The van der Waals surface area contributed by atoms with Gasteiger partial charge in [0.2, 0.25) is 6.79 Å². The van der Waals surface area contributed by atoms with Gasteiger partial charge in [0.05, 0.1) is 5.56 Å². The number of fused-ring (bicyclic) bond motifs is 2. The van der Waals surface area contributed by atoms with Crippen molar-refractivity contribution in [2.75, 3.05) is 17.9 Å². The first kappa shape index (κ1) is 18.3. The van der Waals surface area contributed by atoms with Gasteiger partial charge in [-0.25, -0.2) is 4.98 Å². The summed E-state index contributed by atoms with van der Waals surface area (Å²) in [4.78, 5) is 33.6. The van der Waals surface area contributed by atoms with Crippen LogP contribution in [-0.2, 0) is 4.79 Å². The minimum atomic E-state index is -0.468. The summed E-state index contributed by atoms with van der Waals surface area (Å²) in [5.74, 6) is 2.34. The van der Waals surface area contributed by atoms with E-state index in [1.165, 1.54) is 11.8 Å². The number of allylic oxidation sites excluding steroid dienone is 2. The number of aromatic amines is 1. The topological polar surface area (TPSA) is 93.3 Å². The van der Waals surface area contributed by atoms with Crippen molar-refractivity contribution in [3.8, 4) is 11.5 Å². The van der Waals surface area contributed by atoms with E-state index in [2.05, 4.69) is 22.2 Å². The van der Waals surface area contributed by atoms with E-state index >= 15 is 0 Å². The lowest BCUT2D eigenvalue weighted by Gasteiger charge is -2.32. The van der Waals surface area contributed by atoms with Crippen molar-refractivity contribution in [3.05, 3.63) is 50.9 Å². The molecule has 1 aliphatic carbocycles. The molecule has 0 saturated carbocycles. The number of rotatable bonds is 4. The molecule has 29 heavy (non-hydrogen) atoms. The third-order valence-corrected chi connectivity index (χ3v) is 6.49. The van der Waals surface area contributed by atoms with Crippen LogP contribution in [0.4, 0.5) is 5.82 Å². The Bertz CT molecular complexity index is 1090. The van der Waals surface area contributed by atoms with Crippen LogP contribution < -0.4 is 20.3 Å². The number of ketones is 1. The number of carbonyl (C=O) groups is 1. The Labute approximate surface area is 171 Å². The predicted octanol–water partition coefficient (Wildman–Crippen LogP) is 3.57. The van der Waals surface area contributed by atoms with E-state index in [0.29, 0.717) is 40.0 Å². The van der Waals surface area contributed by atoms with Gasteiger partial charge in [-0.3, -0.25) is 9.59 Å². The van der Waals surface area contributed by atoms with Crippen molar-refractivity contribution in [1.82, 2.24) is 9.97 Å². The number of benzene rings is 1. The average Bonchev–Trinajstić information content (AvgIpc) is 3.19. The predicted molar refractivity (Wildman–Crippen MR) is 110 cm³/mol. The standard InChI is InChI=1S/C21H21N3O4S/c1-2-8-29-21-23-19-18(20(26)24-21)16(17-12(22-19)4-3-5-13(17)25)11-6-7-14-15(9-11)28-10-27-14/h6-7,9,16H,2-5,8,10H2,1H3,(H2,22,23,24,26)/t16-/m1/s1. The Balaban J connectivity index is 1.68. The SMILES string of the molecule is CCCSc1nc2c(c(=O)[nH]1)[C@H](c1ccc3c(c1)OCO3)C1=C(CCCC1=O)N2. The minimum absolute atomic E-state index is 0.0795. The van der Waals surface area contributed by atoms with E-state index in [0.717, 1.165) is 36.3 Å². The van der Waals surface area contributed by atoms with Gasteiger partial charge in [0, 0.05) is 29.4 Å². The van der Waals surface area contributed by atoms with Crippen molar-refractivity contribution >= 4 is 23.4 Å². The number of nitrogens with zero attached hydrogens (tertiary/aromatic N) is 1. The molecule has 0 fully saturated rings. The Morgan fingerprint density at radius 2 is 2.07 bits per heavy atom. The van der Waals surface area contributed by atoms with Crippen LogP contribution in [0.25, 0.3) is 0 Å². The van der Waals surface area contributed by atoms with Gasteiger partial charge >= 0.3 is 0 Å². The molecule has 1 aromatic heterocycles. The molecular weight excluding hydrogens is 390 g/mol. The molecule has 0 radical (unpaired) electrons. The second-order valence-electron chi connectivity index (χ2n) is 7.32. The zero-order chi connectivity index (χ0) is 20.0. The largest absolute Gasteiger partial charge is 0.454 e. The van der Waals surface area contributed by atoms with E-state index in [9.17, 15) is 9.59 Å². The number of carbonyl (C=O) groups excluding carboxylic acids is 1. The van der Waals surface area contributed by atoms with Crippen molar-refractivity contribution < 1.29 is 14.3 Å². The fraction of sp³-hybridized carbons (Fsp3) is 0.381. The molecule has 3 heterocycles. The third kappa shape index (κ3) is 3.11. The van der Waals surface area contributed by atoms with Crippen LogP contribution in [-0.4, -0.2) is 28.3 Å². The number of nitrogens with one attached hydrogen (secondary N) is 2. The molecular formula is C21H21N3O4S. The highest BCUT2D eigenvalue weighted by Gasteiger charge is 2.38. The highest BCUT2D eigenvalue weighted by molar-refractivity contribution is 7.99. The Kier molecular flexibility index (Phi) is 4.58. The number of ether oxygens (including phenoxy) is 2. The third-order valence-electron chi connectivity index (χ3n) is 5.41. The summed E-state index contributed by atoms with van der Waals surface area (Å²) in [6.07, 6.45) is 3.05. The zero-order valence-corrected chi connectivity index (χ0v) is 16.9. The molecule has 150 valence electrons. The van der Waals surface area contributed by atoms with Gasteiger partial charge in [-0.15, -0.1) is 0 Å². The number of hydrogen-bond donors (Lipinski definition) is 2. The molecule has 0 bridgehead atoms. The molecule has 0 amide bonds. The Morgan fingerprint density at radius 1 is 1.21 bits per heavy atom. The normalized spacial score (nSPS) is 19.6. The van der Waals surface area contributed by atoms with Gasteiger partial charge in [-0.2, -0.15) is 0 Å². The smallest absolute Gasteiger partial charge is 0.257 e. The van der Waals surface area contributed by atoms with Crippen LogP contribution in [0.5, 0.6) is 11.5 Å².